The highest BCUT2D eigenvalue weighted by Gasteiger charge is 2.45. The smallest absolute Gasteiger partial charge is 0.248 e. The van der Waals surface area contributed by atoms with Crippen LogP contribution in [0.3, 0.4) is 0 Å². The minimum absolute atomic E-state index is 0.109. The molecule has 2 aromatic heterocycles. The van der Waals surface area contributed by atoms with Gasteiger partial charge < -0.3 is 10.4 Å². The number of anilines is 1. The number of alkyl halides is 2. The molecule has 2 unspecified atom stereocenters. The number of aliphatic hydroxyl groups is 1. The Morgan fingerprint density at radius 1 is 1.39 bits per heavy atom. The van der Waals surface area contributed by atoms with Gasteiger partial charge in [-0.2, -0.15) is 4.80 Å². The molecule has 2 N–H and O–H groups in total. The van der Waals surface area contributed by atoms with Crippen molar-refractivity contribution >= 4 is 34.0 Å². The van der Waals surface area contributed by atoms with Crippen molar-refractivity contribution in [1.82, 2.24) is 25.2 Å². The van der Waals surface area contributed by atoms with Crippen molar-refractivity contribution in [2.24, 2.45) is 5.92 Å². The number of aliphatic hydroxyl groups excluding tert-OH is 1. The Kier molecular flexibility index (Phi) is 6.26. The van der Waals surface area contributed by atoms with Crippen LogP contribution in [0.1, 0.15) is 30.7 Å². The molecule has 8 nitrogen and oxygen atoms in total. The van der Waals surface area contributed by atoms with Crippen LogP contribution in [-0.4, -0.2) is 48.7 Å². The van der Waals surface area contributed by atoms with Crippen molar-refractivity contribution < 1.29 is 18.7 Å². The highest BCUT2D eigenvalue weighted by atomic mass is 35.5. The van der Waals surface area contributed by atoms with E-state index in [2.05, 4.69) is 25.7 Å². The topological polar surface area (TPSA) is 106 Å². The normalized spacial score (nSPS) is 18.8. The molecule has 164 valence electrons. The first-order chi connectivity index (χ1) is 14.8. The summed E-state index contributed by atoms with van der Waals surface area (Å²) in [5.41, 5.74) is 1.28. The van der Waals surface area contributed by atoms with Crippen LogP contribution in [0, 0.1) is 5.92 Å². The van der Waals surface area contributed by atoms with E-state index in [1.54, 1.807) is 24.3 Å². The van der Waals surface area contributed by atoms with Crippen molar-refractivity contribution in [2.45, 2.75) is 37.6 Å². The van der Waals surface area contributed by atoms with Gasteiger partial charge in [0.15, 0.2) is 5.13 Å². The fraction of sp³-hybridized carbons (Fsp3) is 0.421. The average molecular weight is 469 g/mol. The molecule has 4 rings (SSSR count). The van der Waals surface area contributed by atoms with Crippen molar-refractivity contribution in [3.63, 3.8) is 0 Å². The van der Waals surface area contributed by atoms with E-state index in [4.69, 9.17) is 16.7 Å². The molecule has 0 bridgehead atoms. The minimum Gasteiger partial charge on any atom is -0.394 e. The van der Waals surface area contributed by atoms with Gasteiger partial charge in [-0.15, -0.1) is 10.2 Å². The number of halogens is 3. The lowest BCUT2D eigenvalue weighted by atomic mass is 9.83. The number of hydrogen-bond donors (Lipinski definition) is 2. The molecule has 12 heteroatoms. The summed E-state index contributed by atoms with van der Waals surface area (Å²) in [6.07, 6.45) is 1.10. The summed E-state index contributed by atoms with van der Waals surface area (Å²) in [6, 6.07) is 6.89. The number of carbonyl (C=O) groups is 1. The number of carbonyl (C=O) groups excluding carboxylic acids is 1. The van der Waals surface area contributed by atoms with Gasteiger partial charge in [0, 0.05) is 18.4 Å². The molecule has 1 amide bonds. The standard InChI is InChI=1S/C19H19ClF2N6O2S/c20-14-10-23-18(31-14)24-17(30)15(13-5-6-19(21,22)9-13)11-1-3-12(4-2-11)16-25-27-28(26-16)7-8-29/h1-4,10,13,15,29H,5-9H2,(H,23,24,30). The van der Waals surface area contributed by atoms with E-state index >= 15 is 0 Å². The summed E-state index contributed by atoms with van der Waals surface area (Å²) < 4.78 is 28.2. The van der Waals surface area contributed by atoms with Crippen molar-refractivity contribution in [3.05, 3.63) is 40.4 Å². The fourth-order valence-corrected chi connectivity index (χ4v) is 4.60. The summed E-state index contributed by atoms with van der Waals surface area (Å²) in [4.78, 5) is 18.4. The van der Waals surface area contributed by atoms with Crippen LogP contribution in [0.4, 0.5) is 13.9 Å². The Morgan fingerprint density at radius 2 is 2.16 bits per heavy atom. The molecule has 1 fully saturated rings. The third-order valence-corrected chi connectivity index (χ3v) is 6.21. The van der Waals surface area contributed by atoms with E-state index in [9.17, 15) is 13.6 Å². The molecule has 1 aromatic carbocycles. The number of benzene rings is 1. The number of hydrogen-bond acceptors (Lipinski definition) is 7. The molecule has 2 heterocycles. The number of aromatic nitrogens is 5. The molecule has 2 atom stereocenters. The maximum Gasteiger partial charge on any atom is 0.248 e. The van der Waals surface area contributed by atoms with E-state index in [0.29, 0.717) is 26.4 Å². The van der Waals surface area contributed by atoms with E-state index in [1.807, 2.05) is 0 Å². The second-order valence-corrected chi connectivity index (χ2v) is 9.01. The van der Waals surface area contributed by atoms with E-state index in [0.717, 1.165) is 11.3 Å². The van der Waals surface area contributed by atoms with Gasteiger partial charge in [0.25, 0.3) is 0 Å². The molecule has 0 spiro atoms. The van der Waals surface area contributed by atoms with E-state index in [-0.39, 0.29) is 32.4 Å². The van der Waals surface area contributed by atoms with Gasteiger partial charge in [0.1, 0.15) is 4.34 Å². The zero-order valence-corrected chi connectivity index (χ0v) is 17.8. The quantitative estimate of drug-likeness (QED) is 0.548. The molecule has 3 aromatic rings. The Hall–Kier alpha value is -2.50. The lowest BCUT2D eigenvalue weighted by Crippen LogP contribution is -2.27. The lowest BCUT2D eigenvalue weighted by Gasteiger charge is -2.23. The largest absolute Gasteiger partial charge is 0.394 e. The third-order valence-electron chi connectivity index (χ3n) is 5.18. The van der Waals surface area contributed by atoms with Crippen LogP contribution < -0.4 is 5.32 Å². The molecular formula is C19H19ClF2N6O2S. The van der Waals surface area contributed by atoms with Gasteiger partial charge >= 0.3 is 0 Å². The van der Waals surface area contributed by atoms with Crippen molar-refractivity contribution in [2.75, 3.05) is 11.9 Å². The van der Waals surface area contributed by atoms with Crippen LogP contribution in [0.15, 0.2) is 30.5 Å². The third kappa shape index (κ3) is 5.05. The Balaban J connectivity index is 1.58. The molecule has 31 heavy (non-hydrogen) atoms. The summed E-state index contributed by atoms with van der Waals surface area (Å²) in [5, 5.41) is 24.0. The summed E-state index contributed by atoms with van der Waals surface area (Å²) >= 11 is 6.98. The zero-order valence-electron chi connectivity index (χ0n) is 16.2. The summed E-state index contributed by atoms with van der Waals surface area (Å²) in [5.74, 6) is -4.06. The van der Waals surface area contributed by atoms with Crippen LogP contribution in [0.5, 0.6) is 0 Å². The zero-order chi connectivity index (χ0) is 22.0. The first-order valence-electron chi connectivity index (χ1n) is 9.64. The number of nitrogens with one attached hydrogen (secondary N) is 1. The van der Waals surface area contributed by atoms with Gasteiger partial charge in [-0.3, -0.25) is 4.79 Å². The summed E-state index contributed by atoms with van der Waals surface area (Å²) in [6.45, 7) is 0.117. The number of amides is 1. The molecule has 0 radical (unpaired) electrons. The van der Waals surface area contributed by atoms with Crippen LogP contribution in [-0.2, 0) is 11.3 Å². The van der Waals surface area contributed by atoms with Gasteiger partial charge in [0.05, 0.1) is 25.3 Å². The molecule has 0 saturated heterocycles. The fourth-order valence-electron chi connectivity index (χ4n) is 3.78. The van der Waals surface area contributed by atoms with Crippen LogP contribution in [0.25, 0.3) is 11.4 Å². The van der Waals surface area contributed by atoms with Gasteiger partial charge in [-0.1, -0.05) is 47.2 Å². The van der Waals surface area contributed by atoms with E-state index in [1.165, 1.54) is 11.0 Å². The molecule has 1 aliphatic carbocycles. The first-order valence-corrected chi connectivity index (χ1v) is 10.8. The maximum atomic E-state index is 13.9. The highest BCUT2D eigenvalue weighted by molar-refractivity contribution is 7.19. The number of tetrazole rings is 1. The van der Waals surface area contributed by atoms with Crippen LogP contribution >= 0.6 is 22.9 Å². The minimum atomic E-state index is -2.78. The average Bonchev–Trinajstić information content (AvgIpc) is 3.44. The molecule has 1 saturated carbocycles. The maximum absolute atomic E-state index is 13.9. The Bertz CT molecular complexity index is 1060. The first kappa shape index (κ1) is 21.7. The summed E-state index contributed by atoms with van der Waals surface area (Å²) in [7, 11) is 0. The second kappa shape index (κ2) is 8.93. The SMILES string of the molecule is O=C(Nc1ncc(Cl)s1)C(c1ccc(-c2nnn(CCO)n2)cc1)C1CCC(F)(F)C1. The number of rotatable bonds is 7. The van der Waals surface area contributed by atoms with Crippen LogP contribution in [0.2, 0.25) is 4.34 Å². The van der Waals surface area contributed by atoms with Gasteiger partial charge in [0.2, 0.25) is 17.7 Å². The van der Waals surface area contributed by atoms with Crippen molar-refractivity contribution in [1.29, 1.82) is 0 Å². The Morgan fingerprint density at radius 3 is 2.77 bits per heavy atom. The molecular weight excluding hydrogens is 450 g/mol. The number of nitrogens with zero attached hydrogens (tertiary/aromatic N) is 5. The van der Waals surface area contributed by atoms with Gasteiger partial charge in [-0.25, -0.2) is 13.8 Å². The van der Waals surface area contributed by atoms with Crippen molar-refractivity contribution in [3.8, 4) is 11.4 Å². The second-order valence-electron chi connectivity index (χ2n) is 7.35. The lowest BCUT2D eigenvalue weighted by molar-refractivity contribution is -0.118. The number of thiazole rings is 1. The highest BCUT2D eigenvalue weighted by Crippen LogP contribution is 2.46. The van der Waals surface area contributed by atoms with E-state index < -0.39 is 23.7 Å². The monoisotopic (exact) mass is 468 g/mol. The Labute approximate surface area is 185 Å². The van der Waals surface area contributed by atoms with Gasteiger partial charge in [-0.05, 0) is 23.1 Å². The molecule has 0 aliphatic heterocycles. The predicted octanol–water partition coefficient (Wildman–Crippen LogP) is 3.60. The predicted molar refractivity (Wildman–Crippen MR) is 111 cm³/mol. The molecule has 1 aliphatic rings.